The SMILES string of the molecule is Cc1cc(C)c(CNCc2ccc(CS(=O)(=O)NC(C)C)cc2)cc1C. The van der Waals surface area contributed by atoms with E-state index in [1.165, 1.54) is 22.3 Å². The predicted octanol–water partition coefficient (Wildman–Crippen LogP) is 3.73. The summed E-state index contributed by atoms with van der Waals surface area (Å²) in [6.45, 7) is 11.6. The first-order valence-electron chi connectivity index (χ1n) is 9.01. The Morgan fingerprint density at radius 3 is 2.04 bits per heavy atom. The molecule has 0 saturated heterocycles. The van der Waals surface area contributed by atoms with Crippen LogP contribution in [0.4, 0.5) is 0 Å². The molecule has 26 heavy (non-hydrogen) atoms. The van der Waals surface area contributed by atoms with E-state index in [2.05, 4.69) is 42.9 Å². The summed E-state index contributed by atoms with van der Waals surface area (Å²) in [6.07, 6.45) is 0. The van der Waals surface area contributed by atoms with Gasteiger partial charge in [0.1, 0.15) is 0 Å². The molecule has 0 aliphatic carbocycles. The van der Waals surface area contributed by atoms with E-state index in [-0.39, 0.29) is 11.8 Å². The van der Waals surface area contributed by atoms with E-state index in [1.54, 1.807) is 0 Å². The maximum Gasteiger partial charge on any atom is 0.216 e. The molecule has 4 nitrogen and oxygen atoms in total. The highest BCUT2D eigenvalue weighted by Gasteiger charge is 2.12. The molecule has 0 radical (unpaired) electrons. The fraction of sp³-hybridized carbons (Fsp3) is 0.429. The fourth-order valence-corrected chi connectivity index (χ4v) is 4.36. The van der Waals surface area contributed by atoms with Gasteiger partial charge in [-0.25, -0.2) is 13.1 Å². The quantitative estimate of drug-likeness (QED) is 0.740. The van der Waals surface area contributed by atoms with Gasteiger partial charge >= 0.3 is 0 Å². The highest BCUT2D eigenvalue weighted by molar-refractivity contribution is 7.88. The van der Waals surface area contributed by atoms with E-state index < -0.39 is 10.0 Å². The summed E-state index contributed by atoms with van der Waals surface area (Å²) < 4.78 is 26.6. The van der Waals surface area contributed by atoms with Crippen LogP contribution >= 0.6 is 0 Å². The highest BCUT2D eigenvalue weighted by atomic mass is 32.2. The van der Waals surface area contributed by atoms with Gasteiger partial charge in [0.25, 0.3) is 0 Å². The predicted molar refractivity (Wildman–Crippen MR) is 109 cm³/mol. The third-order valence-electron chi connectivity index (χ3n) is 4.39. The van der Waals surface area contributed by atoms with Crippen LogP contribution < -0.4 is 10.0 Å². The van der Waals surface area contributed by atoms with Gasteiger partial charge < -0.3 is 5.32 Å². The van der Waals surface area contributed by atoms with E-state index in [0.717, 1.165) is 24.2 Å². The van der Waals surface area contributed by atoms with Crippen molar-refractivity contribution in [3.8, 4) is 0 Å². The van der Waals surface area contributed by atoms with E-state index in [0.29, 0.717) is 0 Å². The molecular weight excluding hydrogens is 344 g/mol. The number of nitrogens with one attached hydrogen (secondary N) is 2. The molecule has 0 aliphatic heterocycles. The molecule has 0 amide bonds. The van der Waals surface area contributed by atoms with Crippen LogP contribution in [0, 0.1) is 20.8 Å². The molecular formula is C21H30N2O2S. The minimum absolute atomic E-state index is 0.0146. The van der Waals surface area contributed by atoms with Crippen molar-refractivity contribution in [3.05, 3.63) is 69.8 Å². The van der Waals surface area contributed by atoms with Gasteiger partial charge in [-0.1, -0.05) is 36.4 Å². The van der Waals surface area contributed by atoms with Gasteiger partial charge in [0.2, 0.25) is 10.0 Å². The Morgan fingerprint density at radius 1 is 0.846 bits per heavy atom. The molecule has 2 N–H and O–H groups in total. The minimum Gasteiger partial charge on any atom is -0.309 e. The van der Waals surface area contributed by atoms with Crippen molar-refractivity contribution in [1.82, 2.24) is 10.0 Å². The molecule has 0 spiro atoms. The lowest BCUT2D eigenvalue weighted by molar-refractivity contribution is 0.569. The normalized spacial score (nSPS) is 11.9. The largest absolute Gasteiger partial charge is 0.309 e. The number of aryl methyl sites for hydroxylation is 3. The van der Waals surface area contributed by atoms with Crippen LogP contribution in [0.15, 0.2) is 36.4 Å². The van der Waals surface area contributed by atoms with Crippen LogP contribution in [0.25, 0.3) is 0 Å². The summed E-state index contributed by atoms with van der Waals surface area (Å²) in [7, 11) is -3.28. The van der Waals surface area contributed by atoms with Crippen molar-refractivity contribution in [1.29, 1.82) is 0 Å². The molecule has 2 aromatic rings. The molecule has 0 aromatic heterocycles. The Kier molecular flexibility index (Phi) is 6.98. The topological polar surface area (TPSA) is 58.2 Å². The van der Waals surface area contributed by atoms with Crippen LogP contribution in [-0.2, 0) is 28.9 Å². The molecule has 0 saturated carbocycles. The molecule has 2 rings (SSSR count). The maximum atomic E-state index is 12.0. The molecule has 0 bridgehead atoms. The minimum atomic E-state index is -3.28. The van der Waals surface area contributed by atoms with Gasteiger partial charge in [-0.3, -0.25) is 0 Å². The highest BCUT2D eigenvalue weighted by Crippen LogP contribution is 2.15. The molecule has 0 fully saturated rings. The van der Waals surface area contributed by atoms with E-state index in [4.69, 9.17) is 0 Å². The maximum absolute atomic E-state index is 12.0. The van der Waals surface area contributed by atoms with Crippen LogP contribution in [-0.4, -0.2) is 14.5 Å². The monoisotopic (exact) mass is 374 g/mol. The lowest BCUT2D eigenvalue weighted by Gasteiger charge is -2.12. The second-order valence-corrected chi connectivity index (χ2v) is 9.07. The van der Waals surface area contributed by atoms with Gasteiger partial charge in [0.15, 0.2) is 0 Å². The molecule has 142 valence electrons. The summed E-state index contributed by atoms with van der Waals surface area (Å²) in [5, 5.41) is 3.47. The molecule has 2 aromatic carbocycles. The van der Waals surface area contributed by atoms with Gasteiger partial charge in [0, 0.05) is 19.1 Å². The molecule has 0 unspecified atom stereocenters. The second kappa shape index (κ2) is 8.80. The summed E-state index contributed by atoms with van der Waals surface area (Å²) in [4.78, 5) is 0. The van der Waals surface area contributed by atoms with Crippen molar-refractivity contribution in [3.63, 3.8) is 0 Å². The van der Waals surface area contributed by atoms with Gasteiger partial charge in [-0.2, -0.15) is 0 Å². The average Bonchev–Trinajstić information content (AvgIpc) is 2.52. The molecule has 0 heterocycles. The summed E-state index contributed by atoms with van der Waals surface area (Å²) >= 11 is 0. The van der Waals surface area contributed by atoms with E-state index >= 15 is 0 Å². The number of rotatable bonds is 8. The van der Waals surface area contributed by atoms with Gasteiger partial charge in [-0.15, -0.1) is 0 Å². The first-order valence-corrected chi connectivity index (χ1v) is 10.7. The van der Waals surface area contributed by atoms with Crippen LogP contribution in [0.5, 0.6) is 0 Å². The van der Waals surface area contributed by atoms with Gasteiger partial charge in [-0.05, 0) is 68.0 Å². The van der Waals surface area contributed by atoms with Crippen molar-refractivity contribution in [2.45, 2.75) is 59.5 Å². The Labute approximate surface area is 158 Å². The van der Waals surface area contributed by atoms with Crippen LogP contribution in [0.2, 0.25) is 0 Å². The number of hydrogen-bond donors (Lipinski definition) is 2. The number of hydrogen-bond acceptors (Lipinski definition) is 3. The van der Waals surface area contributed by atoms with E-state index in [9.17, 15) is 8.42 Å². The Balaban J connectivity index is 1.91. The van der Waals surface area contributed by atoms with Crippen molar-refractivity contribution in [2.24, 2.45) is 0 Å². The standard InChI is InChI=1S/C21H30N2O2S/c1-15(2)23-26(24,25)14-20-8-6-19(7-9-20)12-22-13-21-11-17(4)16(3)10-18(21)5/h6-11,15,22-23H,12-14H2,1-5H3. The van der Waals surface area contributed by atoms with Crippen LogP contribution in [0.1, 0.15) is 47.2 Å². The Hall–Kier alpha value is -1.69. The lowest BCUT2D eigenvalue weighted by Crippen LogP contribution is -2.31. The summed E-state index contributed by atoms with van der Waals surface area (Å²) in [5.74, 6) is 0.0146. The number of sulfonamides is 1. The zero-order valence-electron chi connectivity index (χ0n) is 16.4. The zero-order valence-corrected chi connectivity index (χ0v) is 17.2. The van der Waals surface area contributed by atoms with Crippen molar-refractivity contribution in [2.75, 3.05) is 0 Å². The smallest absolute Gasteiger partial charge is 0.216 e. The number of benzene rings is 2. The van der Waals surface area contributed by atoms with E-state index in [1.807, 2.05) is 38.1 Å². The fourth-order valence-electron chi connectivity index (χ4n) is 2.93. The molecule has 0 atom stereocenters. The second-order valence-electron chi connectivity index (χ2n) is 7.31. The zero-order chi connectivity index (χ0) is 19.3. The Bertz CT molecular complexity index is 841. The third kappa shape index (κ3) is 6.24. The first kappa shape index (κ1) is 20.6. The van der Waals surface area contributed by atoms with Crippen molar-refractivity contribution >= 4 is 10.0 Å². The average molecular weight is 375 g/mol. The first-order chi connectivity index (χ1) is 12.2. The van der Waals surface area contributed by atoms with Gasteiger partial charge in [0.05, 0.1) is 5.75 Å². The lowest BCUT2D eigenvalue weighted by atomic mass is 10.0. The van der Waals surface area contributed by atoms with Crippen molar-refractivity contribution < 1.29 is 8.42 Å². The summed E-state index contributed by atoms with van der Waals surface area (Å²) in [5.41, 5.74) is 7.20. The molecule has 0 aliphatic rings. The Morgan fingerprint density at radius 2 is 1.42 bits per heavy atom. The third-order valence-corrected chi connectivity index (χ3v) is 5.94. The van der Waals surface area contributed by atoms with Crippen LogP contribution in [0.3, 0.4) is 0 Å². The molecule has 5 heteroatoms. The summed E-state index contributed by atoms with van der Waals surface area (Å²) in [6, 6.07) is 12.1.